The van der Waals surface area contributed by atoms with Gasteiger partial charge in [0.05, 0.1) is 59.4 Å². The fraction of sp³-hybridized carbons (Fsp3) is 0.280. The molecule has 1 aromatic heterocycles. The van der Waals surface area contributed by atoms with Crippen LogP contribution < -0.4 is 10.6 Å². The molecule has 0 fully saturated rings. The number of rotatable bonds is 6. The number of pyridine rings is 1. The van der Waals surface area contributed by atoms with Crippen molar-refractivity contribution in [1.82, 2.24) is 4.98 Å². The topological polar surface area (TPSA) is 119 Å². The molecule has 1 aliphatic heterocycles. The Bertz CT molecular complexity index is 1370. The van der Waals surface area contributed by atoms with Gasteiger partial charge in [-0.1, -0.05) is 12.1 Å². The molecular weight excluding hydrogens is 534 g/mol. The van der Waals surface area contributed by atoms with Gasteiger partial charge in [-0.05, 0) is 37.6 Å². The van der Waals surface area contributed by atoms with Gasteiger partial charge in [-0.2, -0.15) is 31.6 Å². The van der Waals surface area contributed by atoms with E-state index in [0.29, 0.717) is 18.5 Å². The standard InChI is InChI=1S/C25H20F6N4O4/c1-3-38-22(36)18-17(14-7-5-13(10-32)6-8-14)19(23(37)39-4-2)21(33)35(20(18)25(29,30)31)16-9-15(11-34-12-16)24(26,27)28/h5-9,11-12,17H,3-4,33H2,1-2H3. The zero-order valence-corrected chi connectivity index (χ0v) is 20.4. The average molecular weight is 554 g/mol. The molecule has 14 heteroatoms. The van der Waals surface area contributed by atoms with Crippen LogP contribution in [-0.4, -0.2) is 36.3 Å². The van der Waals surface area contributed by atoms with Crippen molar-refractivity contribution in [2.45, 2.75) is 32.1 Å². The van der Waals surface area contributed by atoms with E-state index in [-0.39, 0.29) is 29.2 Å². The Morgan fingerprint density at radius 1 is 0.974 bits per heavy atom. The summed E-state index contributed by atoms with van der Waals surface area (Å²) in [7, 11) is 0. The van der Waals surface area contributed by atoms with Gasteiger partial charge in [0.25, 0.3) is 0 Å². The Morgan fingerprint density at radius 3 is 2.03 bits per heavy atom. The van der Waals surface area contributed by atoms with Gasteiger partial charge in [0.2, 0.25) is 0 Å². The van der Waals surface area contributed by atoms with Gasteiger partial charge in [-0.3, -0.25) is 9.88 Å². The van der Waals surface area contributed by atoms with Crippen molar-refractivity contribution in [2.24, 2.45) is 5.73 Å². The van der Waals surface area contributed by atoms with E-state index in [0.717, 1.165) is 0 Å². The molecule has 1 atom stereocenters. The van der Waals surface area contributed by atoms with Crippen LogP contribution in [0.4, 0.5) is 32.0 Å². The maximum absolute atomic E-state index is 14.7. The van der Waals surface area contributed by atoms with Crippen molar-refractivity contribution in [3.05, 3.63) is 82.1 Å². The first-order valence-electron chi connectivity index (χ1n) is 11.2. The number of alkyl halides is 6. The number of benzene rings is 1. The minimum absolute atomic E-state index is 0.0633. The molecule has 39 heavy (non-hydrogen) atoms. The highest BCUT2D eigenvalue weighted by atomic mass is 19.4. The van der Waals surface area contributed by atoms with Crippen molar-refractivity contribution >= 4 is 17.6 Å². The number of esters is 2. The van der Waals surface area contributed by atoms with Crippen LogP contribution in [-0.2, 0) is 25.2 Å². The molecule has 8 nitrogen and oxygen atoms in total. The van der Waals surface area contributed by atoms with E-state index in [1.54, 1.807) is 0 Å². The first-order chi connectivity index (χ1) is 18.3. The second-order valence-corrected chi connectivity index (χ2v) is 7.93. The third kappa shape index (κ3) is 5.82. The first kappa shape index (κ1) is 29.0. The Balaban J connectivity index is 2.49. The monoisotopic (exact) mass is 554 g/mol. The molecule has 1 unspecified atom stereocenters. The van der Waals surface area contributed by atoms with Crippen molar-refractivity contribution in [1.29, 1.82) is 5.26 Å². The lowest BCUT2D eigenvalue weighted by molar-refractivity contribution is -0.141. The van der Waals surface area contributed by atoms with Gasteiger partial charge >= 0.3 is 24.3 Å². The van der Waals surface area contributed by atoms with E-state index in [9.17, 15) is 35.9 Å². The summed E-state index contributed by atoms with van der Waals surface area (Å²) in [6, 6.07) is 7.09. The van der Waals surface area contributed by atoms with Gasteiger partial charge in [0.15, 0.2) is 0 Å². The smallest absolute Gasteiger partial charge is 0.432 e. The van der Waals surface area contributed by atoms with E-state index in [1.165, 1.54) is 38.1 Å². The van der Waals surface area contributed by atoms with Gasteiger partial charge < -0.3 is 15.2 Å². The van der Waals surface area contributed by atoms with Crippen LogP contribution in [0, 0.1) is 11.3 Å². The molecule has 2 N–H and O–H groups in total. The van der Waals surface area contributed by atoms with Crippen molar-refractivity contribution in [2.75, 3.05) is 18.1 Å². The quantitative estimate of drug-likeness (QED) is 0.404. The molecule has 2 heterocycles. The second-order valence-electron chi connectivity index (χ2n) is 7.93. The maximum atomic E-state index is 14.7. The molecule has 2 aromatic rings. The molecule has 0 saturated carbocycles. The van der Waals surface area contributed by atoms with Crippen molar-refractivity contribution in [3.8, 4) is 6.07 Å². The number of nitrogens with zero attached hydrogens (tertiary/aromatic N) is 3. The minimum Gasteiger partial charge on any atom is -0.463 e. The van der Waals surface area contributed by atoms with E-state index in [4.69, 9.17) is 20.5 Å². The van der Waals surface area contributed by atoms with Gasteiger partial charge in [-0.25, -0.2) is 9.59 Å². The highest BCUT2D eigenvalue weighted by Crippen LogP contribution is 2.48. The lowest BCUT2D eigenvalue weighted by Gasteiger charge is -2.38. The Labute approximate surface area is 217 Å². The molecule has 206 valence electrons. The van der Waals surface area contributed by atoms with E-state index in [2.05, 4.69) is 4.98 Å². The minimum atomic E-state index is -5.40. The van der Waals surface area contributed by atoms with E-state index >= 15 is 0 Å². The SMILES string of the molecule is CCOC(=O)C1=C(N)N(c2cncc(C(F)(F)F)c2)C(C(F)(F)F)=C(C(=O)OCC)C1c1ccc(C#N)cc1. The predicted octanol–water partition coefficient (Wildman–Crippen LogP) is 4.69. The van der Waals surface area contributed by atoms with Crippen molar-refractivity contribution < 1.29 is 45.4 Å². The van der Waals surface area contributed by atoms with Gasteiger partial charge in [0, 0.05) is 6.20 Å². The summed E-state index contributed by atoms with van der Waals surface area (Å²) in [6.07, 6.45) is -9.33. The summed E-state index contributed by atoms with van der Waals surface area (Å²) in [5.74, 6) is -5.48. The maximum Gasteiger partial charge on any atom is 0.432 e. The number of hydrogen-bond acceptors (Lipinski definition) is 8. The Kier molecular flexibility index (Phi) is 8.23. The molecule has 0 radical (unpaired) electrons. The molecule has 3 rings (SSSR count). The number of carbonyl (C=O) groups excluding carboxylic acids is 2. The Morgan fingerprint density at radius 2 is 1.54 bits per heavy atom. The largest absolute Gasteiger partial charge is 0.463 e. The summed E-state index contributed by atoms with van der Waals surface area (Å²) < 4.78 is 94.3. The number of halogens is 6. The average Bonchev–Trinajstić information content (AvgIpc) is 2.87. The van der Waals surface area contributed by atoms with Gasteiger partial charge in [0.1, 0.15) is 11.5 Å². The number of ether oxygens (including phenoxy) is 2. The number of anilines is 1. The van der Waals surface area contributed by atoms with Crippen LogP contribution in [0.3, 0.4) is 0 Å². The normalized spacial score (nSPS) is 16.2. The number of nitrogens with two attached hydrogens (primary N) is 1. The van der Waals surface area contributed by atoms with Gasteiger partial charge in [-0.15, -0.1) is 0 Å². The summed E-state index contributed by atoms with van der Waals surface area (Å²) >= 11 is 0. The molecule has 0 saturated heterocycles. The van der Waals surface area contributed by atoms with Crippen molar-refractivity contribution in [3.63, 3.8) is 0 Å². The van der Waals surface area contributed by atoms with Crippen LogP contribution in [0.1, 0.15) is 36.5 Å². The number of nitriles is 1. The van der Waals surface area contributed by atoms with E-state index < -0.39 is 64.1 Å². The number of carbonyl (C=O) groups is 2. The summed E-state index contributed by atoms with van der Waals surface area (Å²) in [5, 5.41) is 9.11. The second kappa shape index (κ2) is 11.1. The fourth-order valence-electron chi connectivity index (χ4n) is 3.98. The molecule has 0 bridgehead atoms. The summed E-state index contributed by atoms with van der Waals surface area (Å²) in [4.78, 5) is 29.7. The summed E-state index contributed by atoms with van der Waals surface area (Å²) in [5.41, 5.74) is 0.389. The fourth-order valence-corrected chi connectivity index (χ4v) is 3.98. The molecule has 0 aliphatic carbocycles. The molecule has 0 spiro atoms. The van der Waals surface area contributed by atoms with E-state index in [1.807, 2.05) is 6.07 Å². The summed E-state index contributed by atoms with van der Waals surface area (Å²) in [6.45, 7) is 2.13. The Hall–Kier alpha value is -4.54. The van der Waals surface area contributed by atoms with Crippen LogP contribution >= 0.6 is 0 Å². The predicted molar refractivity (Wildman–Crippen MR) is 123 cm³/mol. The first-order valence-corrected chi connectivity index (χ1v) is 11.2. The highest BCUT2D eigenvalue weighted by Gasteiger charge is 2.52. The van der Waals surface area contributed by atoms with Crippen LogP contribution in [0.25, 0.3) is 0 Å². The third-order valence-corrected chi connectivity index (χ3v) is 5.51. The van der Waals surface area contributed by atoms with Crippen LogP contribution in [0.2, 0.25) is 0 Å². The molecule has 1 aromatic carbocycles. The number of allylic oxidation sites excluding steroid dienone is 1. The lowest BCUT2D eigenvalue weighted by Crippen LogP contribution is -2.44. The van der Waals surface area contributed by atoms with Crippen LogP contribution in [0.15, 0.2) is 65.4 Å². The highest BCUT2D eigenvalue weighted by molar-refractivity contribution is 6.02. The lowest BCUT2D eigenvalue weighted by atomic mass is 9.80. The zero-order chi connectivity index (χ0) is 29.1. The van der Waals surface area contributed by atoms with Crippen LogP contribution in [0.5, 0.6) is 0 Å². The molecule has 1 aliphatic rings. The third-order valence-electron chi connectivity index (χ3n) is 5.51. The molecular formula is C25H20F6N4O4. The zero-order valence-electron chi connectivity index (χ0n) is 20.4. The molecule has 0 amide bonds. The number of aromatic nitrogens is 1. The number of hydrogen-bond donors (Lipinski definition) is 1.